The van der Waals surface area contributed by atoms with Gasteiger partial charge in [-0.3, -0.25) is 0 Å². The SMILES string of the molecule is NC(Cc1cccc(Br)c1)CC1CCC(F)(F)C1. The first-order chi connectivity index (χ1) is 8.44. The maximum atomic E-state index is 13.1. The molecule has 0 aromatic heterocycles. The van der Waals surface area contributed by atoms with Crippen LogP contribution >= 0.6 is 15.9 Å². The number of hydrogen-bond donors (Lipinski definition) is 1. The highest BCUT2D eigenvalue weighted by Gasteiger charge is 2.39. The van der Waals surface area contributed by atoms with Gasteiger partial charge in [0.25, 0.3) is 0 Å². The van der Waals surface area contributed by atoms with Crippen molar-refractivity contribution in [2.45, 2.75) is 44.1 Å². The molecule has 4 heteroatoms. The van der Waals surface area contributed by atoms with Gasteiger partial charge in [0.15, 0.2) is 0 Å². The van der Waals surface area contributed by atoms with Crippen molar-refractivity contribution in [1.29, 1.82) is 0 Å². The van der Waals surface area contributed by atoms with Gasteiger partial charge in [-0.1, -0.05) is 28.1 Å². The topological polar surface area (TPSA) is 26.0 Å². The van der Waals surface area contributed by atoms with Crippen LogP contribution < -0.4 is 5.73 Å². The fraction of sp³-hybridized carbons (Fsp3) is 0.571. The van der Waals surface area contributed by atoms with E-state index in [2.05, 4.69) is 15.9 Å². The first kappa shape index (κ1) is 13.9. The van der Waals surface area contributed by atoms with Gasteiger partial charge in [-0.2, -0.15) is 0 Å². The first-order valence-electron chi connectivity index (χ1n) is 6.32. The van der Waals surface area contributed by atoms with Gasteiger partial charge in [-0.05, 0) is 42.9 Å². The molecule has 18 heavy (non-hydrogen) atoms. The van der Waals surface area contributed by atoms with E-state index >= 15 is 0 Å². The summed E-state index contributed by atoms with van der Waals surface area (Å²) < 4.78 is 27.2. The normalized spacial score (nSPS) is 24.1. The molecule has 2 rings (SSSR count). The summed E-state index contributed by atoms with van der Waals surface area (Å²) in [5.74, 6) is -2.37. The Hall–Kier alpha value is -0.480. The third-order valence-electron chi connectivity index (χ3n) is 3.53. The van der Waals surface area contributed by atoms with Crippen molar-refractivity contribution >= 4 is 15.9 Å². The van der Waals surface area contributed by atoms with Gasteiger partial charge in [0.05, 0.1) is 0 Å². The van der Waals surface area contributed by atoms with E-state index in [1.165, 1.54) is 0 Å². The van der Waals surface area contributed by atoms with Crippen LogP contribution in [-0.2, 0) is 6.42 Å². The van der Waals surface area contributed by atoms with Gasteiger partial charge in [0, 0.05) is 23.4 Å². The molecule has 1 fully saturated rings. The van der Waals surface area contributed by atoms with Crippen molar-refractivity contribution in [3.05, 3.63) is 34.3 Å². The minimum absolute atomic E-state index is 0.0131. The molecule has 0 saturated heterocycles. The summed E-state index contributed by atoms with van der Waals surface area (Å²) in [7, 11) is 0. The van der Waals surface area contributed by atoms with E-state index in [1.807, 2.05) is 24.3 Å². The predicted molar refractivity (Wildman–Crippen MR) is 72.7 cm³/mol. The number of benzene rings is 1. The molecule has 0 spiro atoms. The molecule has 0 bridgehead atoms. The Kier molecular flexibility index (Phi) is 4.38. The summed E-state index contributed by atoms with van der Waals surface area (Å²) in [4.78, 5) is 0. The van der Waals surface area contributed by atoms with Gasteiger partial charge in [-0.25, -0.2) is 8.78 Å². The largest absolute Gasteiger partial charge is 0.327 e. The van der Waals surface area contributed by atoms with Crippen LogP contribution in [0.15, 0.2) is 28.7 Å². The minimum atomic E-state index is -2.46. The average Bonchev–Trinajstić information content (AvgIpc) is 2.57. The van der Waals surface area contributed by atoms with E-state index in [0.29, 0.717) is 12.8 Å². The molecule has 0 amide bonds. The minimum Gasteiger partial charge on any atom is -0.327 e. The zero-order valence-corrected chi connectivity index (χ0v) is 11.8. The van der Waals surface area contributed by atoms with Crippen molar-refractivity contribution in [3.63, 3.8) is 0 Å². The monoisotopic (exact) mass is 317 g/mol. The van der Waals surface area contributed by atoms with E-state index in [1.54, 1.807) is 0 Å². The van der Waals surface area contributed by atoms with E-state index in [4.69, 9.17) is 5.73 Å². The molecule has 100 valence electrons. The van der Waals surface area contributed by atoms with Crippen molar-refractivity contribution in [2.24, 2.45) is 11.7 Å². The molecule has 2 atom stereocenters. The molecular weight excluding hydrogens is 300 g/mol. The smallest absolute Gasteiger partial charge is 0.248 e. The lowest BCUT2D eigenvalue weighted by atomic mass is 9.94. The molecule has 1 aromatic rings. The molecular formula is C14H18BrF2N. The van der Waals surface area contributed by atoms with Gasteiger partial charge in [0.2, 0.25) is 5.92 Å². The second-order valence-corrected chi connectivity index (χ2v) is 6.21. The number of nitrogens with two attached hydrogens (primary N) is 1. The molecule has 2 N–H and O–H groups in total. The molecule has 1 nitrogen and oxygen atoms in total. The zero-order valence-electron chi connectivity index (χ0n) is 10.2. The second kappa shape index (κ2) is 5.66. The number of rotatable bonds is 4. The van der Waals surface area contributed by atoms with Crippen LogP contribution in [-0.4, -0.2) is 12.0 Å². The van der Waals surface area contributed by atoms with Crippen LogP contribution in [0.3, 0.4) is 0 Å². The third kappa shape index (κ3) is 4.02. The summed E-state index contributed by atoms with van der Waals surface area (Å²) in [5, 5.41) is 0. The van der Waals surface area contributed by atoms with Gasteiger partial charge in [0.1, 0.15) is 0 Å². The molecule has 1 aromatic carbocycles. The molecule has 0 heterocycles. The quantitative estimate of drug-likeness (QED) is 0.887. The van der Waals surface area contributed by atoms with Gasteiger partial charge >= 0.3 is 0 Å². The van der Waals surface area contributed by atoms with Crippen molar-refractivity contribution in [3.8, 4) is 0 Å². The summed E-state index contributed by atoms with van der Waals surface area (Å²) in [6.07, 6.45) is 2.10. The second-order valence-electron chi connectivity index (χ2n) is 5.29. The fourth-order valence-electron chi connectivity index (χ4n) is 2.72. The number of halogens is 3. The lowest BCUT2D eigenvalue weighted by molar-refractivity contribution is 0.00449. The van der Waals surface area contributed by atoms with Crippen LogP contribution in [0.5, 0.6) is 0 Å². The summed E-state index contributed by atoms with van der Waals surface area (Å²) in [6, 6.07) is 7.96. The fourth-order valence-corrected chi connectivity index (χ4v) is 3.17. The van der Waals surface area contributed by atoms with E-state index < -0.39 is 5.92 Å². The Bertz CT molecular complexity index is 409. The zero-order chi connectivity index (χ0) is 13.2. The Balaban J connectivity index is 1.84. The highest BCUT2D eigenvalue weighted by molar-refractivity contribution is 9.10. The van der Waals surface area contributed by atoms with Crippen LogP contribution in [0.2, 0.25) is 0 Å². The van der Waals surface area contributed by atoms with Gasteiger partial charge < -0.3 is 5.73 Å². The molecule has 2 unspecified atom stereocenters. The van der Waals surface area contributed by atoms with E-state index in [9.17, 15) is 8.78 Å². The lowest BCUT2D eigenvalue weighted by Gasteiger charge is -2.16. The maximum absolute atomic E-state index is 13.1. The molecule has 0 radical (unpaired) electrons. The Morgan fingerprint density at radius 1 is 1.44 bits per heavy atom. The Morgan fingerprint density at radius 2 is 2.22 bits per heavy atom. The van der Waals surface area contributed by atoms with Gasteiger partial charge in [-0.15, -0.1) is 0 Å². The van der Waals surface area contributed by atoms with E-state index in [-0.39, 0.29) is 24.8 Å². The Labute approximate surface area is 115 Å². The predicted octanol–water partition coefficient (Wildman–Crippen LogP) is 4.14. The van der Waals surface area contributed by atoms with Crippen molar-refractivity contribution in [2.75, 3.05) is 0 Å². The van der Waals surface area contributed by atoms with Crippen LogP contribution in [0.1, 0.15) is 31.2 Å². The Morgan fingerprint density at radius 3 is 2.83 bits per heavy atom. The molecule has 0 aliphatic heterocycles. The van der Waals surface area contributed by atoms with E-state index in [0.717, 1.165) is 16.5 Å². The summed E-state index contributed by atoms with van der Waals surface area (Å²) in [6.45, 7) is 0. The maximum Gasteiger partial charge on any atom is 0.248 e. The van der Waals surface area contributed by atoms with Crippen LogP contribution in [0.4, 0.5) is 8.78 Å². The molecule has 1 saturated carbocycles. The average molecular weight is 318 g/mol. The number of alkyl halides is 2. The highest BCUT2D eigenvalue weighted by atomic mass is 79.9. The first-order valence-corrected chi connectivity index (χ1v) is 7.12. The molecule has 1 aliphatic carbocycles. The van der Waals surface area contributed by atoms with Crippen LogP contribution in [0.25, 0.3) is 0 Å². The standard InChI is InChI=1S/C14H18BrF2N/c15-12-3-1-2-10(6-12)7-13(18)8-11-4-5-14(16,17)9-11/h1-3,6,11,13H,4-5,7-9,18H2. The lowest BCUT2D eigenvalue weighted by Crippen LogP contribution is -2.26. The van der Waals surface area contributed by atoms with Crippen LogP contribution in [0, 0.1) is 5.92 Å². The summed E-state index contributed by atoms with van der Waals surface area (Å²) in [5.41, 5.74) is 7.22. The number of hydrogen-bond acceptors (Lipinski definition) is 1. The third-order valence-corrected chi connectivity index (χ3v) is 4.02. The van der Waals surface area contributed by atoms with Crippen molar-refractivity contribution < 1.29 is 8.78 Å². The summed E-state index contributed by atoms with van der Waals surface area (Å²) >= 11 is 3.42. The highest BCUT2D eigenvalue weighted by Crippen LogP contribution is 2.40. The molecule has 1 aliphatic rings. The van der Waals surface area contributed by atoms with Crippen molar-refractivity contribution in [1.82, 2.24) is 0 Å².